The first-order valence-corrected chi connectivity index (χ1v) is 10.8. The van der Waals surface area contributed by atoms with E-state index in [4.69, 9.17) is 9.47 Å². The Kier molecular flexibility index (Phi) is 9.10. The fourth-order valence-electron chi connectivity index (χ4n) is 2.88. The number of aliphatic hydroxyl groups excluding tert-OH is 2. The lowest BCUT2D eigenvalue weighted by atomic mass is 10.1. The molecule has 0 bridgehead atoms. The summed E-state index contributed by atoms with van der Waals surface area (Å²) in [5.74, 6) is 5.79. The Morgan fingerprint density at radius 1 is 0.833 bits per heavy atom. The molecule has 3 aromatic rings. The van der Waals surface area contributed by atoms with Crippen LogP contribution in [0.5, 0.6) is 0 Å². The molecular weight excluding hydrogens is 396 g/mol. The molecule has 2 N–H and O–H groups in total. The molecule has 0 aliphatic rings. The van der Waals surface area contributed by atoms with Gasteiger partial charge in [-0.05, 0) is 22.6 Å². The number of ether oxygens (including phenoxy) is 2. The standard InChI is InChI=1S/C25H26O4S/c26-22(13-14-23-12-7-15-30-23)16-25(29-18-21-10-5-2-6-11-21)24(27)19-28-17-20-8-3-1-4-9-20/h1-12,15,22,24-27H,16-19H2/t22?,24-,25+/m1/s1. The molecule has 0 fully saturated rings. The molecule has 0 aliphatic heterocycles. The number of thiophene rings is 1. The highest BCUT2D eigenvalue weighted by Gasteiger charge is 2.23. The number of hydrogen-bond acceptors (Lipinski definition) is 5. The second-order valence-corrected chi connectivity index (χ2v) is 7.85. The van der Waals surface area contributed by atoms with E-state index in [1.165, 1.54) is 11.3 Å². The van der Waals surface area contributed by atoms with Crippen LogP contribution >= 0.6 is 11.3 Å². The molecule has 5 heteroatoms. The lowest BCUT2D eigenvalue weighted by Gasteiger charge is -2.24. The predicted octanol–water partition coefficient (Wildman–Crippen LogP) is 4.01. The Morgan fingerprint density at radius 2 is 1.50 bits per heavy atom. The normalized spacial score (nSPS) is 13.8. The van der Waals surface area contributed by atoms with E-state index in [0.717, 1.165) is 16.0 Å². The van der Waals surface area contributed by atoms with Gasteiger partial charge in [0.1, 0.15) is 12.2 Å². The van der Waals surface area contributed by atoms with Crippen LogP contribution in [0.3, 0.4) is 0 Å². The van der Waals surface area contributed by atoms with Crippen LogP contribution in [0.2, 0.25) is 0 Å². The van der Waals surface area contributed by atoms with Gasteiger partial charge in [-0.25, -0.2) is 0 Å². The third-order valence-electron chi connectivity index (χ3n) is 4.47. The molecular formula is C25H26O4S. The fourth-order valence-corrected chi connectivity index (χ4v) is 3.45. The molecule has 1 heterocycles. The summed E-state index contributed by atoms with van der Waals surface area (Å²) in [4.78, 5) is 0.891. The first-order valence-electron chi connectivity index (χ1n) is 9.89. The molecule has 1 unspecified atom stereocenters. The first-order chi connectivity index (χ1) is 14.7. The average molecular weight is 423 g/mol. The van der Waals surface area contributed by atoms with Gasteiger partial charge in [0.25, 0.3) is 0 Å². The van der Waals surface area contributed by atoms with Crippen molar-refractivity contribution >= 4 is 11.3 Å². The summed E-state index contributed by atoms with van der Waals surface area (Å²) in [6.07, 6.45) is -2.19. The molecule has 0 saturated carbocycles. The lowest BCUT2D eigenvalue weighted by Crippen LogP contribution is -2.35. The molecule has 4 nitrogen and oxygen atoms in total. The number of rotatable bonds is 10. The van der Waals surface area contributed by atoms with Crippen molar-refractivity contribution in [1.82, 2.24) is 0 Å². The Bertz CT molecular complexity index is 901. The van der Waals surface area contributed by atoms with Crippen LogP contribution < -0.4 is 0 Å². The van der Waals surface area contributed by atoms with Crippen LogP contribution in [-0.2, 0) is 22.7 Å². The average Bonchev–Trinajstić information content (AvgIpc) is 3.30. The fraction of sp³-hybridized carbons (Fsp3) is 0.280. The van der Waals surface area contributed by atoms with Gasteiger partial charge in [0.05, 0.1) is 30.8 Å². The molecule has 0 radical (unpaired) electrons. The number of hydrogen-bond donors (Lipinski definition) is 2. The molecule has 1 aromatic heterocycles. The second kappa shape index (κ2) is 12.3. The Morgan fingerprint density at radius 3 is 2.13 bits per heavy atom. The minimum atomic E-state index is -0.906. The van der Waals surface area contributed by atoms with Gasteiger partial charge in [0, 0.05) is 6.42 Å². The molecule has 3 atom stereocenters. The lowest BCUT2D eigenvalue weighted by molar-refractivity contribution is -0.0915. The first kappa shape index (κ1) is 22.2. The van der Waals surface area contributed by atoms with Crippen molar-refractivity contribution in [2.75, 3.05) is 6.61 Å². The van der Waals surface area contributed by atoms with E-state index in [-0.39, 0.29) is 13.0 Å². The molecule has 156 valence electrons. The van der Waals surface area contributed by atoms with Crippen LogP contribution in [0.15, 0.2) is 78.2 Å². The summed E-state index contributed by atoms with van der Waals surface area (Å²) >= 11 is 1.52. The second-order valence-electron chi connectivity index (χ2n) is 6.90. The van der Waals surface area contributed by atoms with Gasteiger partial charge in [-0.3, -0.25) is 0 Å². The van der Waals surface area contributed by atoms with Gasteiger partial charge in [0.2, 0.25) is 0 Å². The minimum absolute atomic E-state index is 0.111. The Labute approximate surface area is 181 Å². The number of benzene rings is 2. The Balaban J connectivity index is 1.57. The SMILES string of the molecule is OC(C#Cc1cccs1)C[C@H](OCc1ccccc1)[C@H](O)COCc1ccccc1. The summed E-state index contributed by atoms with van der Waals surface area (Å²) in [7, 11) is 0. The van der Waals surface area contributed by atoms with E-state index in [1.807, 2.05) is 78.2 Å². The summed E-state index contributed by atoms with van der Waals surface area (Å²) in [5, 5.41) is 23.0. The van der Waals surface area contributed by atoms with E-state index in [1.54, 1.807) is 0 Å². The highest BCUT2D eigenvalue weighted by molar-refractivity contribution is 7.10. The van der Waals surface area contributed by atoms with Crippen molar-refractivity contribution < 1.29 is 19.7 Å². The van der Waals surface area contributed by atoms with Crippen molar-refractivity contribution in [3.8, 4) is 11.8 Å². The molecule has 3 rings (SSSR count). The van der Waals surface area contributed by atoms with Crippen molar-refractivity contribution in [3.05, 3.63) is 94.2 Å². The topological polar surface area (TPSA) is 58.9 Å². The van der Waals surface area contributed by atoms with Gasteiger partial charge in [-0.1, -0.05) is 78.6 Å². The van der Waals surface area contributed by atoms with Crippen LogP contribution in [0.25, 0.3) is 0 Å². The maximum absolute atomic E-state index is 10.7. The van der Waals surface area contributed by atoms with Crippen molar-refractivity contribution in [3.63, 3.8) is 0 Å². The van der Waals surface area contributed by atoms with Crippen LogP contribution in [0, 0.1) is 11.8 Å². The van der Waals surface area contributed by atoms with E-state index >= 15 is 0 Å². The zero-order valence-electron chi connectivity index (χ0n) is 16.7. The van der Waals surface area contributed by atoms with Gasteiger partial charge in [0.15, 0.2) is 0 Å². The van der Waals surface area contributed by atoms with E-state index in [0.29, 0.717) is 13.2 Å². The smallest absolute Gasteiger partial charge is 0.117 e. The highest BCUT2D eigenvalue weighted by atomic mass is 32.1. The molecule has 0 spiro atoms. The highest BCUT2D eigenvalue weighted by Crippen LogP contribution is 2.14. The third-order valence-corrected chi connectivity index (χ3v) is 5.26. The van der Waals surface area contributed by atoms with E-state index < -0.39 is 18.3 Å². The maximum Gasteiger partial charge on any atom is 0.117 e. The van der Waals surface area contributed by atoms with E-state index in [2.05, 4.69) is 11.8 Å². The minimum Gasteiger partial charge on any atom is -0.388 e. The van der Waals surface area contributed by atoms with Gasteiger partial charge in [-0.15, -0.1) is 11.3 Å². The summed E-state index contributed by atoms with van der Waals surface area (Å²) in [6.45, 7) is 0.857. The molecule has 0 aliphatic carbocycles. The zero-order chi connectivity index (χ0) is 21.0. The molecule has 0 saturated heterocycles. The largest absolute Gasteiger partial charge is 0.388 e. The van der Waals surface area contributed by atoms with Crippen molar-refractivity contribution in [2.24, 2.45) is 0 Å². The number of aliphatic hydroxyl groups is 2. The van der Waals surface area contributed by atoms with Crippen LogP contribution in [-0.4, -0.2) is 35.1 Å². The predicted molar refractivity (Wildman–Crippen MR) is 119 cm³/mol. The molecule has 2 aromatic carbocycles. The van der Waals surface area contributed by atoms with E-state index in [9.17, 15) is 10.2 Å². The van der Waals surface area contributed by atoms with Gasteiger partial charge < -0.3 is 19.7 Å². The summed E-state index contributed by atoms with van der Waals surface area (Å²) < 4.78 is 11.6. The Hall–Kier alpha value is -2.46. The molecule has 30 heavy (non-hydrogen) atoms. The molecule has 0 amide bonds. The monoisotopic (exact) mass is 422 g/mol. The van der Waals surface area contributed by atoms with Crippen molar-refractivity contribution in [1.29, 1.82) is 0 Å². The summed E-state index contributed by atoms with van der Waals surface area (Å²) in [5.41, 5.74) is 2.03. The quantitative estimate of drug-likeness (QED) is 0.485. The third kappa shape index (κ3) is 7.75. The van der Waals surface area contributed by atoms with Crippen LogP contribution in [0.1, 0.15) is 22.4 Å². The maximum atomic E-state index is 10.7. The van der Waals surface area contributed by atoms with Gasteiger partial charge in [-0.2, -0.15) is 0 Å². The summed E-state index contributed by atoms with van der Waals surface area (Å²) in [6, 6.07) is 23.3. The zero-order valence-corrected chi connectivity index (χ0v) is 17.5. The van der Waals surface area contributed by atoms with Crippen LogP contribution in [0.4, 0.5) is 0 Å². The van der Waals surface area contributed by atoms with Gasteiger partial charge >= 0.3 is 0 Å². The van der Waals surface area contributed by atoms with Crippen molar-refractivity contribution in [2.45, 2.75) is 37.9 Å².